The molecule has 0 radical (unpaired) electrons. The van der Waals surface area contributed by atoms with Crippen LogP contribution in [0.3, 0.4) is 0 Å². The fourth-order valence-electron chi connectivity index (χ4n) is 1.09. The molecule has 1 aromatic carbocycles. The first-order chi connectivity index (χ1) is 8.16. The Balaban J connectivity index is 3.32. The Kier molecular flexibility index (Phi) is 4.77. The molecule has 0 heterocycles. The van der Waals surface area contributed by atoms with Gasteiger partial charge in [-0.3, -0.25) is 0 Å². The van der Waals surface area contributed by atoms with Crippen LogP contribution in [-0.4, -0.2) is 33.4 Å². The van der Waals surface area contributed by atoms with Crippen LogP contribution in [0.25, 0.3) is 0 Å². The summed E-state index contributed by atoms with van der Waals surface area (Å²) in [6.07, 6.45) is 0. The molecule has 0 aromatic heterocycles. The van der Waals surface area contributed by atoms with E-state index in [2.05, 4.69) is 4.74 Å². The van der Waals surface area contributed by atoms with Gasteiger partial charge in [-0.05, 0) is 6.07 Å². The van der Waals surface area contributed by atoms with Crippen molar-refractivity contribution in [3.8, 4) is 5.75 Å². The van der Waals surface area contributed by atoms with Gasteiger partial charge in [-0.1, -0.05) is 23.2 Å². The van der Waals surface area contributed by atoms with Crippen LogP contribution in [0.5, 0.6) is 5.75 Å². The van der Waals surface area contributed by atoms with Crippen molar-refractivity contribution in [3.63, 3.8) is 0 Å². The first kappa shape index (κ1) is 15.4. The first-order valence-electron chi connectivity index (χ1n) is 4.52. The number of hydrogen-bond donors (Lipinski definition) is 0. The number of alkyl halides is 2. The first-order valence-corrected chi connectivity index (χ1v) is 6.72. The molecule has 0 bridgehead atoms. The molecule has 1 rings (SSSR count). The van der Waals surface area contributed by atoms with Gasteiger partial charge in [0.1, 0.15) is 10.6 Å². The molecule has 0 saturated heterocycles. The van der Waals surface area contributed by atoms with Crippen LogP contribution in [0.15, 0.2) is 17.0 Å². The van der Waals surface area contributed by atoms with Gasteiger partial charge in [0.25, 0.3) is 0 Å². The second-order valence-corrected chi connectivity index (χ2v) is 6.31. The molecule has 0 fully saturated rings. The summed E-state index contributed by atoms with van der Waals surface area (Å²) in [7, 11) is -1.18. The molecule has 102 valence electrons. The minimum Gasteiger partial charge on any atom is -0.433 e. The summed E-state index contributed by atoms with van der Waals surface area (Å²) in [5.74, 6) is -0.380. The maximum absolute atomic E-state index is 12.0. The summed E-state index contributed by atoms with van der Waals surface area (Å²) in [6, 6.07) is 1.91. The number of nitrogens with zero attached hydrogens (tertiary/aromatic N) is 1. The van der Waals surface area contributed by atoms with Crippen LogP contribution in [0.2, 0.25) is 10.0 Å². The number of benzene rings is 1. The van der Waals surface area contributed by atoms with Crippen molar-refractivity contribution in [3.05, 3.63) is 22.2 Å². The topological polar surface area (TPSA) is 46.6 Å². The predicted octanol–water partition coefficient (Wildman–Crippen LogP) is 2.85. The molecular formula is C9H9Cl2F2NO3S. The van der Waals surface area contributed by atoms with Gasteiger partial charge in [0.05, 0.1) is 10.0 Å². The van der Waals surface area contributed by atoms with Gasteiger partial charge >= 0.3 is 6.61 Å². The third-order valence-electron chi connectivity index (χ3n) is 1.96. The molecule has 0 unspecified atom stereocenters. The SMILES string of the molecule is CN(C)S(=O)(=O)c1cc(Cl)c(OC(F)F)cc1Cl. The molecule has 0 amide bonds. The summed E-state index contributed by atoms with van der Waals surface area (Å²) in [6.45, 7) is -3.07. The summed E-state index contributed by atoms with van der Waals surface area (Å²) in [5, 5.41) is -0.510. The minimum absolute atomic E-state index is 0.247. The Morgan fingerprint density at radius 1 is 1.22 bits per heavy atom. The van der Waals surface area contributed by atoms with E-state index in [9.17, 15) is 17.2 Å². The van der Waals surface area contributed by atoms with Crippen LogP contribution in [-0.2, 0) is 10.0 Å². The lowest BCUT2D eigenvalue weighted by molar-refractivity contribution is -0.0498. The average molecular weight is 320 g/mol. The van der Waals surface area contributed by atoms with Gasteiger partial charge in [-0.25, -0.2) is 12.7 Å². The Hall–Kier alpha value is -0.630. The number of rotatable bonds is 4. The van der Waals surface area contributed by atoms with Gasteiger partial charge in [-0.2, -0.15) is 8.78 Å². The van der Waals surface area contributed by atoms with E-state index in [-0.39, 0.29) is 20.7 Å². The Labute approximate surface area is 113 Å². The number of hydrogen-bond acceptors (Lipinski definition) is 3. The average Bonchev–Trinajstić information content (AvgIpc) is 2.21. The molecule has 4 nitrogen and oxygen atoms in total. The standard InChI is InChI=1S/C9H9Cl2F2NO3S/c1-14(2)18(15,16)8-4-5(10)7(3-6(8)11)17-9(12)13/h3-4,9H,1-2H3. The van der Waals surface area contributed by atoms with E-state index in [1.807, 2.05) is 0 Å². The van der Waals surface area contributed by atoms with Crippen LogP contribution < -0.4 is 4.74 Å². The lowest BCUT2D eigenvalue weighted by Gasteiger charge is -2.14. The van der Waals surface area contributed by atoms with Gasteiger partial charge < -0.3 is 4.74 Å². The van der Waals surface area contributed by atoms with E-state index in [1.165, 1.54) is 14.1 Å². The molecule has 18 heavy (non-hydrogen) atoms. The molecule has 0 spiro atoms. The van der Waals surface area contributed by atoms with Gasteiger partial charge in [0.15, 0.2) is 0 Å². The third kappa shape index (κ3) is 3.23. The summed E-state index contributed by atoms with van der Waals surface area (Å²) >= 11 is 11.4. The second kappa shape index (κ2) is 5.56. The van der Waals surface area contributed by atoms with Gasteiger partial charge in [-0.15, -0.1) is 0 Å². The minimum atomic E-state index is -3.80. The maximum Gasteiger partial charge on any atom is 0.387 e. The molecule has 0 atom stereocenters. The summed E-state index contributed by atoms with van der Waals surface area (Å²) < 4.78 is 52.8. The Morgan fingerprint density at radius 3 is 2.22 bits per heavy atom. The molecule has 0 aliphatic carbocycles. The molecule has 1 aromatic rings. The van der Waals surface area contributed by atoms with E-state index in [4.69, 9.17) is 23.2 Å². The van der Waals surface area contributed by atoms with E-state index in [1.54, 1.807) is 0 Å². The summed E-state index contributed by atoms with van der Waals surface area (Å²) in [4.78, 5) is -0.277. The number of ether oxygens (including phenoxy) is 1. The second-order valence-electron chi connectivity index (χ2n) is 3.38. The zero-order valence-corrected chi connectivity index (χ0v) is 11.7. The molecule has 0 aliphatic heterocycles. The normalized spacial score (nSPS) is 12.2. The Bertz CT molecular complexity index is 549. The smallest absolute Gasteiger partial charge is 0.387 e. The number of halogens is 4. The Morgan fingerprint density at radius 2 is 1.78 bits per heavy atom. The van der Waals surface area contributed by atoms with Crippen LogP contribution in [0.4, 0.5) is 8.78 Å². The van der Waals surface area contributed by atoms with Crippen LogP contribution >= 0.6 is 23.2 Å². The number of sulfonamides is 1. The monoisotopic (exact) mass is 319 g/mol. The van der Waals surface area contributed by atoms with Gasteiger partial charge in [0, 0.05) is 20.2 Å². The van der Waals surface area contributed by atoms with E-state index < -0.39 is 16.6 Å². The quantitative estimate of drug-likeness (QED) is 0.857. The van der Waals surface area contributed by atoms with Crippen molar-refractivity contribution in [2.45, 2.75) is 11.5 Å². The van der Waals surface area contributed by atoms with Crippen molar-refractivity contribution in [2.24, 2.45) is 0 Å². The summed E-state index contributed by atoms with van der Waals surface area (Å²) in [5.41, 5.74) is 0. The third-order valence-corrected chi connectivity index (χ3v) is 4.54. The molecule has 0 N–H and O–H groups in total. The lowest BCUT2D eigenvalue weighted by atomic mass is 10.3. The highest BCUT2D eigenvalue weighted by Gasteiger charge is 2.23. The van der Waals surface area contributed by atoms with Crippen molar-refractivity contribution in [2.75, 3.05) is 14.1 Å². The molecule has 9 heteroatoms. The largest absolute Gasteiger partial charge is 0.433 e. The van der Waals surface area contributed by atoms with Crippen molar-refractivity contribution in [1.82, 2.24) is 4.31 Å². The molecule has 0 aliphatic rings. The van der Waals surface area contributed by atoms with Crippen LogP contribution in [0.1, 0.15) is 0 Å². The highest BCUT2D eigenvalue weighted by atomic mass is 35.5. The molecule has 0 saturated carbocycles. The maximum atomic E-state index is 12.0. The van der Waals surface area contributed by atoms with E-state index in [0.29, 0.717) is 0 Å². The zero-order valence-electron chi connectivity index (χ0n) is 9.32. The van der Waals surface area contributed by atoms with Crippen molar-refractivity contribution < 1.29 is 21.9 Å². The van der Waals surface area contributed by atoms with Crippen molar-refractivity contribution in [1.29, 1.82) is 0 Å². The lowest BCUT2D eigenvalue weighted by Crippen LogP contribution is -2.22. The predicted molar refractivity (Wildman–Crippen MR) is 64.0 cm³/mol. The van der Waals surface area contributed by atoms with E-state index >= 15 is 0 Å². The van der Waals surface area contributed by atoms with E-state index in [0.717, 1.165) is 16.4 Å². The van der Waals surface area contributed by atoms with Crippen LogP contribution in [0, 0.1) is 0 Å². The van der Waals surface area contributed by atoms with Crippen molar-refractivity contribution >= 4 is 33.2 Å². The molecular weight excluding hydrogens is 311 g/mol. The fourth-order valence-corrected chi connectivity index (χ4v) is 2.78. The zero-order chi connectivity index (χ0) is 14.1. The van der Waals surface area contributed by atoms with Gasteiger partial charge in [0.2, 0.25) is 10.0 Å². The fraction of sp³-hybridized carbons (Fsp3) is 0.333. The highest BCUT2D eigenvalue weighted by molar-refractivity contribution is 7.89. The highest BCUT2D eigenvalue weighted by Crippen LogP contribution is 2.35.